The van der Waals surface area contributed by atoms with Crippen LogP contribution in [-0.2, 0) is 11.8 Å². The smallest absolute Gasteiger partial charge is 0.326 e. The van der Waals surface area contributed by atoms with Crippen molar-refractivity contribution >= 4 is 11.7 Å². The third-order valence-electron chi connectivity index (χ3n) is 2.90. The molecule has 100 valence electrons. The van der Waals surface area contributed by atoms with Crippen molar-refractivity contribution in [3.05, 3.63) is 30.6 Å². The number of rotatable bonds is 5. The molecule has 2 N–H and O–H groups in total. The second-order valence-electron chi connectivity index (χ2n) is 4.29. The number of carboxylic acid groups (broad SMARTS) is 1. The zero-order valence-electron chi connectivity index (χ0n) is 10.9. The summed E-state index contributed by atoms with van der Waals surface area (Å²) in [7, 11) is 1.87. The average Bonchev–Trinajstić information content (AvgIpc) is 2.82. The highest BCUT2D eigenvalue weighted by atomic mass is 16.4. The second-order valence-corrected chi connectivity index (χ2v) is 4.29. The molecule has 0 bridgehead atoms. The van der Waals surface area contributed by atoms with Crippen LogP contribution in [0.15, 0.2) is 30.6 Å². The van der Waals surface area contributed by atoms with E-state index in [-0.39, 0.29) is 0 Å². The second kappa shape index (κ2) is 5.51. The van der Waals surface area contributed by atoms with Crippen LogP contribution in [-0.4, -0.2) is 31.9 Å². The van der Waals surface area contributed by atoms with Crippen molar-refractivity contribution in [2.45, 2.75) is 19.4 Å². The van der Waals surface area contributed by atoms with Gasteiger partial charge in [-0.05, 0) is 30.7 Å². The molecule has 0 aliphatic rings. The highest BCUT2D eigenvalue weighted by Crippen LogP contribution is 2.19. The lowest BCUT2D eigenvalue weighted by Crippen LogP contribution is -2.28. The Morgan fingerprint density at radius 3 is 2.58 bits per heavy atom. The quantitative estimate of drug-likeness (QED) is 0.856. The van der Waals surface area contributed by atoms with E-state index in [4.69, 9.17) is 5.11 Å². The summed E-state index contributed by atoms with van der Waals surface area (Å²) >= 11 is 0. The van der Waals surface area contributed by atoms with Crippen molar-refractivity contribution in [3.8, 4) is 11.4 Å². The van der Waals surface area contributed by atoms with E-state index in [1.54, 1.807) is 6.33 Å². The van der Waals surface area contributed by atoms with E-state index >= 15 is 0 Å². The van der Waals surface area contributed by atoms with Gasteiger partial charge in [-0.2, -0.15) is 0 Å². The standard InChI is InChI=1S/C13H16N4O2/c1-3-11(13(18)19)15-10-6-4-9(5-7-10)12-16-14-8-17(12)2/h4-8,11,15H,3H2,1-2H3,(H,18,19). The Morgan fingerprint density at radius 2 is 2.11 bits per heavy atom. The largest absolute Gasteiger partial charge is 0.480 e. The first kappa shape index (κ1) is 13.1. The van der Waals surface area contributed by atoms with Crippen LogP contribution in [0.5, 0.6) is 0 Å². The molecule has 1 aromatic heterocycles. The molecule has 0 aliphatic heterocycles. The SMILES string of the molecule is CCC(Nc1ccc(-c2nncn2C)cc1)C(=O)O. The fourth-order valence-electron chi connectivity index (χ4n) is 1.80. The Balaban J connectivity index is 2.15. The van der Waals surface area contributed by atoms with Gasteiger partial charge in [0.1, 0.15) is 12.4 Å². The van der Waals surface area contributed by atoms with Crippen LogP contribution in [0.3, 0.4) is 0 Å². The Morgan fingerprint density at radius 1 is 1.42 bits per heavy atom. The number of nitrogens with one attached hydrogen (secondary N) is 1. The van der Waals surface area contributed by atoms with Gasteiger partial charge in [-0.3, -0.25) is 0 Å². The minimum absolute atomic E-state index is 0.528. The first-order chi connectivity index (χ1) is 9.11. The molecule has 2 rings (SSSR count). The number of hydrogen-bond acceptors (Lipinski definition) is 4. The molecule has 0 fully saturated rings. The molecule has 0 saturated heterocycles. The first-order valence-corrected chi connectivity index (χ1v) is 6.05. The van der Waals surface area contributed by atoms with E-state index in [9.17, 15) is 4.79 Å². The molecule has 1 heterocycles. The van der Waals surface area contributed by atoms with E-state index in [0.717, 1.165) is 17.1 Å². The predicted octanol–water partition coefficient (Wildman–Crippen LogP) is 1.76. The Labute approximate surface area is 111 Å². The maximum Gasteiger partial charge on any atom is 0.326 e. The predicted molar refractivity (Wildman–Crippen MR) is 71.8 cm³/mol. The normalized spacial score (nSPS) is 12.1. The first-order valence-electron chi connectivity index (χ1n) is 6.05. The van der Waals surface area contributed by atoms with Gasteiger partial charge in [0.05, 0.1) is 0 Å². The number of anilines is 1. The number of aliphatic carboxylic acids is 1. The van der Waals surface area contributed by atoms with Crippen molar-refractivity contribution < 1.29 is 9.90 Å². The van der Waals surface area contributed by atoms with Gasteiger partial charge in [-0.1, -0.05) is 6.92 Å². The summed E-state index contributed by atoms with van der Waals surface area (Å²) < 4.78 is 1.83. The van der Waals surface area contributed by atoms with Gasteiger partial charge >= 0.3 is 5.97 Å². The van der Waals surface area contributed by atoms with Crippen molar-refractivity contribution in [2.24, 2.45) is 7.05 Å². The van der Waals surface area contributed by atoms with E-state index in [1.165, 1.54) is 0 Å². The molecule has 0 radical (unpaired) electrons. The summed E-state index contributed by atoms with van der Waals surface area (Å²) in [5.41, 5.74) is 1.72. The fourth-order valence-corrected chi connectivity index (χ4v) is 1.80. The summed E-state index contributed by atoms with van der Waals surface area (Å²) in [4.78, 5) is 10.9. The third-order valence-corrected chi connectivity index (χ3v) is 2.90. The number of carbonyl (C=O) groups is 1. The van der Waals surface area contributed by atoms with Gasteiger partial charge in [-0.25, -0.2) is 4.79 Å². The minimum Gasteiger partial charge on any atom is -0.480 e. The molecule has 2 aromatic rings. The molecule has 1 atom stereocenters. The summed E-state index contributed by atoms with van der Waals surface area (Å²) in [5, 5.41) is 19.8. The van der Waals surface area contributed by atoms with E-state index in [1.807, 2.05) is 42.8 Å². The molecule has 19 heavy (non-hydrogen) atoms. The average molecular weight is 260 g/mol. The van der Waals surface area contributed by atoms with E-state index < -0.39 is 12.0 Å². The van der Waals surface area contributed by atoms with E-state index in [0.29, 0.717) is 6.42 Å². The lowest BCUT2D eigenvalue weighted by Gasteiger charge is -2.13. The Kier molecular flexibility index (Phi) is 3.79. The van der Waals surface area contributed by atoms with E-state index in [2.05, 4.69) is 15.5 Å². The highest BCUT2D eigenvalue weighted by Gasteiger charge is 2.14. The molecule has 0 aliphatic carbocycles. The van der Waals surface area contributed by atoms with Crippen LogP contribution in [0.2, 0.25) is 0 Å². The number of benzene rings is 1. The Hall–Kier alpha value is -2.37. The number of carboxylic acids is 1. The number of hydrogen-bond donors (Lipinski definition) is 2. The number of aryl methyl sites for hydroxylation is 1. The van der Waals surface area contributed by atoms with Crippen LogP contribution in [0, 0.1) is 0 Å². The summed E-state index contributed by atoms with van der Waals surface area (Å²) in [6.07, 6.45) is 2.17. The molecule has 0 amide bonds. The molecular weight excluding hydrogens is 244 g/mol. The molecule has 0 saturated carbocycles. The van der Waals surface area contributed by atoms with Crippen LogP contribution in [0.25, 0.3) is 11.4 Å². The van der Waals surface area contributed by atoms with Gasteiger partial charge < -0.3 is 15.0 Å². The van der Waals surface area contributed by atoms with Crippen LogP contribution in [0.4, 0.5) is 5.69 Å². The van der Waals surface area contributed by atoms with Crippen molar-refractivity contribution in [3.63, 3.8) is 0 Å². The van der Waals surface area contributed by atoms with Gasteiger partial charge in [0.15, 0.2) is 5.82 Å². The van der Waals surface area contributed by atoms with Crippen molar-refractivity contribution in [1.82, 2.24) is 14.8 Å². The van der Waals surface area contributed by atoms with Gasteiger partial charge in [-0.15, -0.1) is 10.2 Å². The molecule has 6 heteroatoms. The molecule has 1 aromatic carbocycles. The molecule has 6 nitrogen and oxygen atoms in total. The highest BCUT2D eigenvalue weighted by molar-refractivity contribution is 5.77. The monoisotopic (exact) mass is 260 g/mol. The van der Waals surface area contributed by atoms with Crippen LogP contribution in [0.1, 0.15) is 13.3 Å². The zero-order chi connectivity index (χ0) is 13.8. The number of aromatic nitrogens is 3. The lowest BCUT2D eigenvalue weighted by molar-refractivity contribution is -0.137. The summed E-state index contributed by atoms with van der Waals surface area (Å²) in [5.74, 6) is -0.0725. The minimum atomic E-state index is -0.847. The zero-order valence-corrected chi connectivity index (χ0v) is 10.9. The summed E-state index contributed by atoms with van der Waals surface area (Å²) in [6.45, 7) is 1.83. The van der Waals surface area contributed by atoms with Crippen molar-refractivity contribution in [2.75, 3.05) is 5.32 Å². The maximum atomic E-state index is 10.9. The van der Waals surface area contributed by atoms with Crippen molar-refractivity contribution in [1.29, 1.82) is 0 Å². The van der Waals surface area contributed by atoms with Gasteiger partial charge in [0, 0.05) is 18.3 Å². The van der Waals surface area contributed by atoms with Crippen LogP contribution >= 0.6 is 0 Å². The van der Waals surface area contributed by atoms with Gasteiger partial charge in [0.25, 0.3) is 0 Å². The third kappa shape index (κ3) is 2.90. The maximum absolute atomic E-state index is 10.9. The number of nitrogens with zero attached hydrogens (tertiary/aromatic N) is 3. The summed E-state index contributed by atoms with van der Waals surface area (Å²) in [6, 6.07) is 6.90. The molecule has 0 spiro atoms. The lowest BCUT2D eigenvalue weighted by atomic mass is 10.1. The van der Waals surface area contributed by atoms with Gasteiger partial charge in [0.2, 0.25) is 0 Å². The molecule has 1 unspecified atom stereocenters. The van der Waals surface area contributed by atoms with Crippen LogP contribution < -0.4 is 5.32 Å². The fraction of sp³-hybridized carbons (Fsp3) is 0.308. The Bertz CT molecular complexity index is 562. The molecular formula is C13H16N4O2. The topological polar surface area (TPSA) is 80.0 Å².